The van der Waals surface area contributed by atoms with Crippen LogP contribution < -0.4 is 10.1 Å². The third-order valence-corrected chi connectivity index (χ3v) is 3.29. The van der Waals surface area contributed by atoms with Crippen LogP contribution in [0.15, 0.2) is 24.3 Å². The molecular weight excluding hydrogens is 323 g/mol. The Kier molecular flexibility index (Phi) is 5.32. The van der Waals surface area contributed by atoms with Crippen molar-refractivity contribution >= 4 is 5.69 Å². The predicted molar refractivity (Wildman–Crippen MR) is 70.5 cm³/mol. The number of ether oxygens (including phenoxy) is 2. The maximum Gasteiger partial charge on any atom is 0.573 e. The highest BCUT2D eigenvalue weighted by molar-refractivity contribution is 5.47. The van der Waals surface area contributed by atoms with Crippen molar-refractivity contribution in [2.45, 2.75) is 37.0 Å². The second kappa shape index (κ2) is 6.89. The Morgan fingerprint density at radius 2 is 1.65 bits per heavy atom. The van der Waals surface area contributed by atoms with E-state index >= 15 is 0 Å². The summed E-state index contributed by atoms with van der Waals surface area (Å²) in [5.74, 6) is -0.420. The summed E-state index contributed by atoms with van der Waals surface area (Å²) in [5.41, 5.74) is 0.281. The van der Waals surface area contributed by atoms with Gasteiger partial charge in [0.05, 0.1) is 6.61 Å². The highest BCUT2D eigenvalue weighted by atomic mass is 19.4. The Morgan fingerprint density at radius 3 is 2.17 bits per heavy atom. The molecule has 1 aliphatic heterocycles. The van der Waals surface area contributed by atoms with Gasteiger partial charge in [-0.3, -0.25) is 0 Å². The highest BCUT2D eigenvalue weighted by Crippen LogP contribution is 2.26. The summed E-state index contributed by atoms with van der Waals surface area (Å²) < 4.78 is 45.1. The normalized spacial score (nSPS) is 31.7. The maximum atomic E-state index is 12.1. The van der Waals surface area contributed by atoms with Gasteiger partial charge in [0.25, 0.3) is 0 Å². The Hall–Kier alpha value is -1.59. The summed E-state index contributed by atoms with van der Waals surface area (Å²) in [6.07, 6.45) is -11.6. The molecule has 5 N–H and O–H groups in total. The van der Waals surface area contributed by atoms with Gasteiger partial charge in [0.2, 0.25) is 0 Å². The van der Waals surface area contributed by atoms with Crippen molar-refractivity contribution in [2.24, 2.45) is 0 Å². The third-order valence-electron chi connectivity index (χ3n) is 3.29. The maximum absolute atomic E-state index is 12.1. The standard InChI is InChI=1S/C13H16F3NO6/c14-13(15,16)23-7-3-1-6(2-4-7)17-12-11(21)10(20)9(19)8(5-18)22-12/h1-4,8-12,17-21H,5H2/t8-,9-,10+,11+,12-/m0/s1. The van der Waals surface area contributed by atoms with E-state index in [-0.39, 0.29) is 5.69 Å². The van der Waals surface area contributed by atoms with Gasteiger partial charge in [0.15, 0.2) is 6.23 Å². The number of aliphatic hydroxyl groups excluding tert-OH is 4. The zero-order chi connectivity index (χ0) is 17.2. The fourth-order valence-electron chi connectivity index (χ4n) is 2.14. The molecule has 1 aliphatic rings. The molecule has 1 fully saturated rings. The molecule has 0 aliphatic carbocycles. The molecule has 1 heterocycles. The van der Waals surface area contributed by atoms with Gasteiger partial charge in [-0.2, -0.15) is 0 Å². The lowest BCUT2D eigenvalue weighted by atomic mass is 9.98. The molecule has 2 rings (SSSR count). The lowest BCUT2D eigenvalue weighted by molar-refractivity contribution is -0.274. The minimum absolute atomic E-state index is 0.281. The molecule has 5 atom stereocenters. The van der Waals surface area contributed by atoms with Crippen molar-refractivity contribution in [1.82, 2.24) is 0 Å². The molecule has 1 aromatic rings. The zero-order valence-electron chi connectivity index (χ0n) is 11.6. The van der Waals surface area contributed by atoms with Crippen molar-refractivity contribution in [3.8, 4) is 5.75 Å². The molecule has 0 saturated carbocycles. The fourth-order valence-corrected chi connectivity index (χ4v) is 2.14. The Morgan fingerprint density at radius 1 is 1.04 bits per heavy atom. The summed E-state index contributed by atoms with van der Waals surface area (Å²) in [7, 11) is 0. The van der Waals surface area contributed by atoms with Crippen LogP contribution in [0.4, 0.5) is 18.9 Å². The van der Waals surface area contributed by atoms with Crippen molar-refractivity contribution in [3.05, 3.63) is 24.3 Å². The highest BCUT2D eigenvalue weighted by Gasteiger charge is 2.43. The number of halogens is 3. The minimum atomic E-state index is -4.80. The van der Waals surface area contributed by atoms with E-state index in [2.05, 4.69) is 10.1 Å². The van der Waals surface area contributed by atoms with Gasteiger partial charge in [0.1, 0.15) is 30.2 Å². The molecule has 0 aromatic heterocycles. The first-order chi connectivity index (χ1) is 10.7. The summed E-state index contributed by atoms with van der Waals surface area (Å²) in [5, 5.41) is 40.8. The van der Waals surface area contributed by atoms with Crippen molar-refractivity contribution in [1.29, 1.82) is 0 Å². The molecule has 23 heavy (non-hydrogen) atoms. The van der Waals surface area contributed by atoms with Gasteiger partial charge in [-0.15, -0.1) is 13.2 Å². The zero-order valence-corrected chi connectivity index (χ0v) is 11.6. The largest absolute Gasteiger partial charge is 0.573 e. The monoisotopic (exact) mass is 339 g/mol. The van der Waals surface area contributed by atoms with E-state index in [1.165, 1.54) is 12.1 Å². The Bertz CT molecular complexity index is 509. The molecule has 7 nitrogen and oxygen atoms in total. The van der Waals surface area contributed by atoms with E-state index in [0.717, 1.165) is 12.1 Å². The van der Waals surface area contributed by atoms with Gasteiger partial charge in [0, 0.05) is 5.69 Å². The van der Waals surface area contributed by atoms with Crippen LogP contribution in [0.1, 0.15) is 0 Å². The number of anilines is 1. The van der Waals surface area contributed by atoms with Crippen molar-refractivity contribution < 1.29 is 43.1 Å². The second-order valence-corrected chi connectivity index (χ2v) is 4.97. The van der Waals surface area contributed by atoms with Crippen LogP contribution in [-0.4, -0.2) is 64.0 Å². The van der Waals surface area contributed by atoms with E-state index in [4.69, 9.17) is 9.84 Å². The van der Waals surface area contributed by atoms with Crippen LogP contribution in [0.3, 0.4) is 0 Å². The summed E-state index contributed by atoms with van der Waals surface area (Å²) in [6, 6.07) is 4.62. The number of benzene rings is 1. The van der Waals surface area contributed by atoms with Crippen molar-refractivity contribution in [2.75, 3.05) is 11.9 Å². The number of hydrogen-bond donors (Lipinski definition) is 5. The van der Waals surface area contributed by atoms with Gasteiger partial charge < -0.3 is 35.2 Å². The summed E-state index contributed by atoms with van der Waals surface area (Å²) >= 11 is 0. The van der Waals surface area contributed by atoms with Crippen LogP contribution in [0.5, 0.6) is 5.75 Å². The van der Waals surface area contributed by atoms with Crippen LogP contribution in [-0.2, 0) is 4.74 Å². The third kappa shape index (κ3) is 4.45. The minimum Gasteiger partial charge on any atom is -0.406 e. The smallest absolute Gasteiger partial charge is 0.406 e. The number of nitrogens with one attached hydrogen (secondary N) is 1. The van der Waals surface area contributed by atoms with Crippen LogP contribution >= 0.6 is 0 Å². The van der Waals surface area contributed by atoms with Crippen molar-refractivity contribution in [3.63, 3.8) is 0 Å². The van der Waals surface area contributed by atoms with E-state index < -0.39 is 49.4 Å². The molecule has 10 heteroatoms. The molecule has 0 amide bonds. The predicted octanol–water partition coefficient (Wildman–Crippen LogP) is -0.203. The topological polar surface area (TPSA) is 111 Å². The Balaban J connectivity index is 2.03. The van der Waals surface area contributed by atoms with Gasteiger partial charge in [-0.05, 0) is 24.3 Å². The molecule has 0 radical (unpaired) electrons. The number of hydrogen-bond acceptors (Lipinski definition) is 7. The molecule has 1 saturated heterocycles. The number of alkyl halides is 3. The number of rotatable bonds is 4. The fraction of sp³-hybridized carbons (Fsp3) is 0.538. The average Bonchev–Trinajstić information content (AvgIpc) is 2.48. The van der Waals surface area contributed by atoms with Gasteiger partial charge in [-0.25, -0.2) is 0 Å². The molecular formula is C13H16F3NO6. The first-order valence-electron chi connectivity index (χ1n) is 6.64. The lowest BCUT2D eigenvalue weighted by Gasteiger charge is -2.40. The van der Waals surface area contributed by atoms with Gasteiger partial charge >= 0.3 is 6.36 Å². The van der Waals surface area contributed by atoms with E-state index in [9.17, 15) is 28.5 Å². The summed E-state index contributed by atoms with van der Waals surface area (Å²) in [6.45, 7) is -0.582. The van der Waals surface area contributed by atoms with Gasteiger partial charge in [-0.1, -0.05) is 0 Å². The number of aliphatic hydroxyl groups is 4. The van der Waals surface area contributed by atoms with E-state index in [1.54, 1.807) is 0 Å². The molecule has 0 unspecified atom stereocenters. The second-order valence-electron chi connectivity index (χ2n) is 4.97. The quantitative estimate of drug-likeness (QED) is 0.516. The SMILES string of the molecule is OC[C@@H]1O[C@H](Nc2ccc(OC(F)(F)F)cc2)[C@H](O)[C@H](O)[C@H]1O. The van der Waals surface area contributed by atoms with Crippen LogP contribution in [0.25, 0.3) is 0 Å². The average molecular weight is 339 g/mol. The van der Waals surface area contributed by atoms with E-state index in [1.807, 2.05) is 0 Å². The summed E-state index contributed by atoms with van der Waals surface area (Å²) in [4.78, 5) is 0. The lowest BCUT2D eigenvalue weighted by Crippen LogP contribution is -2.60. The molecule has 1 aromatic carbocycles. The molecule has 130 valence electrons. The first kappa shape index (κ1) is 17.8. The van der Waals surface area contributed by atoms with Crippen LogP contribution in [0, 0.1) is 0 Å². The molecule has 0 bridgehead atoms. The van der Waals surface area contributed by atoms with E-state index in [0.29, 0.717) is 0 Å². The first-order valence-corrected chi connectivity index (χ1v) is 6.64. The molecule has 0 spiro atoms. The van der Waals surface area contributed by atoms with Crippen LogP contribution in [0.2, 0.25) is 0 Å². The Labute approximate surface area is 128 Å².